The molecule has 2 atom stereocenters. The average Bonchev–Trinajstić information content (AvgIpc) is 3.03. The Kier molecular flexibility index (Phi) is 5.50. The number of rotatable bonds is 7. The first kappa shape index (κ1) is 17.4. The lowest BCUT2D eigenvalue weighted by Gasteiger charge is -2.28. The molecule has 2 aliphatic rings. The predicted molar refractivity (Wildman–Crippen MR) is 88.6 cm³/mol. The second-order valence-corrected chi connectivity index (χ2v) is 7.18. The van der Waals surface area contributed by atoms with Gasteiger partial charge in [-0.15, -0.1) is 10.2 Å². The van der Waals surface area contributed by atoms with Gasteiger partial charge in [0.05, 0.1) is 19.3 Å². The van der Waals surface area contributed by atoms with E-state index in [1.807, 2.05) is 4.90 Å². The number of methoxy groups -OCH3 is 1. The molecule has 1 aromatic heterocycles. The largest absolute Gasteiger partial charge is 0.382 e. The second kappa shape index (κ2) is 7.61. The third-order valence-electron chi connectivity index (χ3n) is 4.87. The molecule has 0 N–H and O–H groups in total. The lowest BCUT2D eigenvalue weighted by Crippen LogP contribution is -2.44. The van der Waals surface area contributed by atoms with E-state index in [0.29, 0.717) is 19.1 Å². The van der Waals surface area contributed by atoms with Crippen LogP contribution >= 0.6 is 0 Å². The van der Waals surface area contributed by atoms with Crippen LogP contribution in [0.5, 0.6) is 0 Å². The van der Waals surface area contributed by atoms with Gasteiger partial charge in [-0.3, -0.25) is 4.79 Å². The van der Waals surface area contributed by atoms with Gasteiger partial charge in [-0.25, -0.2) is 0 Å². The summed E-state index contributed by atoms with van der Waals surface area (Å²) in [5.74, 6) is 2.71. The van der Waals surface area contributed by atoms with Gasteiger partial charge in [0.25, 0.3) is 0 Å². The molecule has 3 heterocycles. The van der Waals surface area contributed by atoms with Crippen LogP contribution in [0, 0.1) is 5.92 Å². The van der Waals surface area contributed by atoms with Crippen molar-refractivity contribution in [2.24, 2.45) is 5.92 Å². The van der Waals surface area contributed by atoms with Gasteiger partial charge in [-0.05, 0) is 18.8 Å². The molecule has 1 amide bonds. The molecule has 3 rings (SSSR count). The number of hydrogen-bond donors (Lipinski definition) is 0. The summed E-state index contributed by atoms with van der Waals surface area (Å²) in [4.78, 5) is 14.7. The van der Waals surface area contributed by atoms with E-state index < -0.39 is 0 Å². The monoisotopic (exact) mass is 336 g/mol. The van der Waals surface area contributed by atoms with Crippen molar-refractivity contribution < 1.29 is 14.3 Å². The maximum atomic E-state index is 12.6. The molecule has 0 saturated carbocycles. The van der Waals surface area contributed by atoms with Crippen LogP contribution in [0.2, 0.25) is 0 Å². The summed E-state index contributed by atoms with van der Waals surface area (Å²) in [5.41, 5.74) is 0. The number of carbonyl (C=O) groups is 1. The second-order valence-electron chi connectivity index (χ2n) is 7.18. The fourth-order valence-electron chi connectivity index (χ4n) is 3.80. The zero-order chi connectivity index (χ0) is 17.1. The summed E-state index contributed by atoms with van der Waals surface area (Å²) < 4.78 is 12.6. The third kappa shape index (κ3) is 3.62. The maximum absolute atomic E-state index is 12.6. The molecule has 24 heavy (non-hydrogen) atoms. The number of amides is 1. The van der Waals surface area contributed by atoms with Gasteiger partial charge >= 0.3 is 0 Å². The molecule has 2 bridgehead atoms. The van der Waals surface area contributed by atoms with Crippen LogP contribution in [0.4, 0.5) is 0 Å². The highest BCUT2D eigenvalue weighted by Crippen LogP contribution is 2.31. The SMILES string of the molecule is COCCOCC(=O)N1C2CCC1Cn1c(CC(C)C)nnc1C2. The molecule has 1 aromatic rings. The van der Waals surface area contributed by atoms with Crippen LogP contribution in [0.15, 0.2) is 0 Å². The Labute approximate surface area is 143 Å². The van der Waals surface area contributed by atoms with Crippen LogP contribution in [-0.2, 0) is 33.7 Å². The minimum absolute atomic E-state index is 0.0859. The van der Waals surface area contributed by atoms with E-state index in [2.05, 4.69) is 28.6 Å². The van der Waals surface area contributed by atoms with Crippen molar-refractivity contribution in [2.45, 2.75) is 58.2 Å². The Bertz CT molecular complexity index is 572. The van der Waals surface area contributed by atoms with Gasteiger partial charge in [0, 0.05) is 32.5 Å². The Morgan fingerprint density at radius 3 is 2.79 bits per heavy atom. The minimum Gasteiger partial charge on any atom is -0.382 e. The summed E-state index contributed by atoms with van der Waals surface area (Å²) in [5, 5.41) is 8.78. The number of ether oxygens (including phenoxy) is 2. The maximum Gasteiger partial charge on any atom is 0.249 e. The summed E-state index contributed by atoms with van der Waals surface area (Å²) in [7, 11) is 1.63. The highest BCUT2D eigenvalue weighted by Gasteiger charge is 2.40. The topological polar surface area (TPSA) is 69.5 Å². The van der Waals surface area contributed by atoms with Gasteiger partial charge in [0.2, 0.25) is 5.91 Å². The molecule has 0 aromatic carbocycles. The van der Waals surface area contributed by atoms with Crippen molar-refractivity contribution in [2.75, 3.05) is 26.9 Å². The van der Waals surface area contributed by atoms with E-state index in [1.54, 1.807) is 7.11 Å². The zero-order valence-electron chi connectivity index (χ0n) is 14.9. The molecule has 7 nitrogen and oxygen atoms in total. The number of aromatic nitrogens is 3. The molecule has 0 radical (unpaired) electrons. The van der Waals surface area contributed by atoms with Crippen LogP contribution in [-0.4, -0.2) is 64.6 Å². The molecule has 2 unspecified atom stereocenters. The zero-order valence-corrected chi connectivity index (χ0v) is 14.9. The number of fused-ring (bicyclic) bond motifs is 3. The molecule has 2 aliphatic heterocycles. The highest BCUT2D eigenvalue weighted by molar-refractivity contribution is 5.78. The van der Waals surface area contributed by atoms with Crippen molar-refractivity contribution in [3.8, 4) is 0 Å². The Morgan fingerprint density at radius 1 is 1.25 bits per heavy atom. The summed E-state index contributed by atoms with van der Waals surface area (Å²) in [6.07, 6.45) is 3.82. The molecular weight excluding hydrogens is 308 g/mol. The summed E-state index contributed by atoms with van der Waals surface area (Å²) in [6, 6.07) is 0.461. The number of carbonyl (C=O) groups excluding carboxylic acids is 1. The van der Waals surface area contributed by atoms with E-state index in [1.165, 1.54) is 0 Å². The number of nitrogens with zero attached hydrogens (tertiary/aromatic N) is 4. The van der Waals surface area contributed by atoms with Gasteiger partial charge < -0.3 is 18.9 Å². The van der Waals surface area contributed by atoms with E-state index in [9.17, 15) is 4.79 Å². The highest BCUT2D eigenvalue weighted by atomic mass is 16.5. The molecule has 1 fully saturated rings. The smallest absolute Gasteiger partial charge is 0.249 e. The first-order chi connectivity index (χ1) is 11.6. The summed E-state index contributed by atoms with van der Waals surface area (Å²) >= 11 is 0. The summed E-state index contributed by atoms with van der Waals surface area (Å²) in [6.45, 7) is 6.30. The molecular formula is C17H28N4O3. The Balaban J connectivity index is 1.68. The quantitative estimate of drug-likeness (QED) is 0.696. The normalized spacial score (nSPS) is 22.8. The molecule has 1 saturated heterocycles. The van der Waals surface area contributed by atoms with E-state index >= 15 is 0 Å². The van der Waals surface area contributed by atoms with Crippen molar-refractivity contribution in [1.29, 1.82) is 0 Å². The van der Waals surface area contributed by atoms with Crippen LogP contribution < -0.4 is 0 Å². The predicted octanol–water partition coefficient (Wildman–Crippen LogP) is 1.06. The van der Waals surface area contributed by atoms with Crippen molar-refractivity contribution >= 4 is 5.91 Å². The molecule has 0 aliphatic carbocycles. The Hall–Kier alpha value is -1.47. The molecule has 7 heteroatoms. The van der Waals surface area contributed by atoms with Crippen molar-refractivity contribution in [3.63, 3.8) is 0 Å². The Morgan fingerprint density at radius 2 is 2.04 bits per heavy atom. The van der Waals surface area contributed by atoms with E-state index in [0.717, 1.165) is 43.9 Å². The van der Waals surface area contributed by atoms with E-state index in [-0.39, 0.29) is 24.6 Å². The first-order valence-electron chi connectivity index (χ1n) is 8.89. The van der Waals surface area contributed by atoms with E-state index in [4.69, 9.17) is 9.47 Å². The fraction of sp³-hybridized carbons (Fsp3) is 0.824. The van der Waals surface area contributed by atoms with Gasteiger partial charge in [0.1, 0.15) is 18.3 Å². The van der Waals surface area contributed by atoms with Gasteiger partial charge in [0.15, 0.2) is 0 Å². The third-order valence-corrected chi connectivity index (χ3v) is 4.87. The van der Waals surface area contributed by atoms with Gasteiger partial charge in [-0.1, -0.05) is 13.8 Å². The average molecular weight is 336 g/mol. The lowest BCUT2D eigenvalue weighted by atomic mass is 10.1. The van der Waals surface area contributed by atoms with Crippen molar-refractivity contribution in [3.05, 3.63) is 11.6 Å². The number of hydrogen-bond acceptors (Lipinski definition) is 5. The first-order valence-corrected chi connectivity index (χ1v) is 8.89. The standard InChI is InChI=1S/C17H28N4O3/c1-12(2)8-15-18-19-16-9-13-4-5-14(10-20(15)16)21(13)17(22)11-24-7-6-23-3/h12-14H,4-11H2,1-3H3. The van der Waals surface area contributed by atoms with Crippen LogP contribution in [0.1, 0.15) is 38.3 Å². The fourth-order valence-corrected chi connectivity index (χ4v) is 3.80. The molecule has 134 valence electrons. The van der Waals surface area contributed by atoms with Gasteiger partial charge in [-0.2, -0.15) is 0 Å². The van der Waals surface area contributed by atoms with Crippen LogP contribution in [0.3, 0.4) is 0 Å². The minimum atomic E-state index is 0.0859. The lowest BCUT2D eigenvalue weighted by molar-refractivity contribution is -0.139. The molecule has 0 spiro atoms. The van der Waals surface area contributed by atoms with Crippen molar-refractivity contribution in [1.82, 2.24) is 19.7 Å². The van der Waals surface area contributed by atoms with Crippen LogP contribution in [0.25, 0.3) is 0 Å².